The van der Waals surface area contributed by atoms with Crippen molar-refractivity contribution >= 4 is 23.5 Å². The molecule has 3 atom stereocenters. The SMILES string of the molecule is COc1cc(C=NNC(=S)NC2CC3C=CC2C3)cc(OC)c1OC. The Balaban J connectivity index is 1.60. The van der Waals surface area contributed by atoms with E-state index in [2.05, 4.69) is 28.0 Å². The van der Waals surface area contributed by atoms with E-state index in [-0.39, 0.29) is 0 Å². The zero-order chi connectivity index (χ0) is 17.8. The first kappa shape index (κ1) is 17.5. The number of hydrogen-bond acceptors (Lipinski definition) is 5. The molecule has 0 amide bonds. The number of methoxy groups -OCH3 is 3. The van der Waals surface area contributed by atoms with Gasteiger partial charge in [0.25, 0.3) is 0 Å². The lowest BCUT2D eigenvalue weighted by Gasteiger charge is -2.20. The summed E-state index contributed by atoms with van der Waals surface area (Å²) in [5.41, 5.74) is 3.69. The van der Waals surface area contributed by atoms with Gasteiger partial charge in [-0.25, -0.2) is 0 Å². The molecule has 0 heterocycles. The Labute approximate surface area is 153 Å². The summed E-state index contributed by atoms with van der Waals surface area (Å²) in [5.74, 6) is 3.00. The van der Waals surface area contributed by atoms with Crippen LogP contribution >= 0.6 is 12.2 Å². The van der Waals surface area contributed by atoms with Crippen molar-refractivity contribution in [2.45, 2.75) is 18.9 Å². The Morgan fingerprint density at radius 2 is 1.84 bits per heavy atom. The van der Waals surface area contributed by atoms with Crippen LogP contribution in [-0.2, 0) is 0 Å². The third kappa shape index (κ3) is 3.87. The van der Waals surface area contributed by atoms with Crippen LogP contribution in [0.5, 0.6) is 17.2 Å². The van der Waals surface area contributed by atoms with E-state index in [1.54, 1.807) is 27.5 Å². The highest BCUT2D eigenvalue weighted by molar-refractivity contribution is 7.80. The number of ether oxygens (including phenoxy) is 3. The largest absolute Gasteiger partial charge is 0.493 e. The number of fused-ring (bicyclic) bond motifs is 2. The van der Waals surface area contributed by atoms with Gasteiger partial charge in [-0.2, -0.15) is 5.10 Å². The molecule has 1 saturated carbocycles. The number of hydrazone groups is 1. The van der Waals surface area contributed by atoms with E-state index in [0.717, 1.165) is 12.0 Å². The summed E-state index contributed by atoms with van der Waals surface area (Å²) in [4.78, 5) is 0. The summed E-state index contributed by atoms with van der Waals surface area (Å²) < 4.78 is 16.0. The minimum absolute atomic E-state index is 0.409. The maximum absolute atomic E-state index is 5.33. The molecule has 2 N–H and O–H groups in total. The lowest BCUT2D eigenvalue weighted by Crippen LogP contribution is -2.42. The van der Waals surface area contributed by atoms with Gasteiger partial charge in [-0.05, 0) is 49.0 Å². The molecule has 7 heteroatoms. The first-order valence-electron chi connectivity index (χ1n) is 8.22. The highest BCUT2D eigenvalue weighted by atomic mass is 32.1. The number of thiocarbonyl (C=S) groups is 1. The molecule has 1 aromatic carbocycles. The van der Waals surface area contributed by atoms with E-state index in [1.807, 2.05) is 12.1 Å². The summed E-state index contributed by atoms with van der Waals surface area (Å²) >= 11 is 5.33. The summed E-state index contributed by atoms with van der Waals surface area (Å²) in [5, 5.41) is 8.09. The summed E-state index contributed by atoms with van der Waals surface area (Å²) in [6.07, 6.45) is 8.63. The molecule has 1 fully saturated rings. The van der Waals surface area contributed by atoms with E-state index in [9.17, 15) is 0 Å². The van der Waals surface area contributed by atoms with Gasteiger partial charge >= 0.3 is 0 Å². The van der Waals surface area contributed by atoms with Gasteiger partial charge < -0.3 is 19.5 Å². The van der Waals surface area contributed by atoms with Crippen molar-refractivity contribution < 1.29 is 14.2 Å². The average molecular weight is 361 g/mol. The van der Waals surface area contributed by atoms with Gasteiger partial charge in [0.1, 0.15) is 0 Å². The zero-order valence-electron chi connectivity index (χ0n) is 14.6. The fourth-order valence-electron chi connectivity index (χ4n) is 3.49. The molecule has 6 nitrogen and oxygen atoms in total. The Kier molecular flexibility index (Phi) is 5.43. The quantitative estimate of drug-likeness (QED) is 0.351. The lowest BCUT2D eigenvalue weighted by atomic mass is 10.0. The number of nitrogens with zero attached hydrogens (tertiary/aromatic N) is 1. The zero-order valence-corrected chi connectivity index (χ0v) is 15.4. The number of rotatable bonds is 6. The van der Waals surface area contributed by atoms with Gasteiger partial charge in [0, 0.05) is 11.6 Å². The molecule has 0 saturated heterocycles. The molecular weight excluding hydrogens is 338 g/mol. The monoisotopic (exact) mass is 361 g/mol. The minimum Gasteiger partial charge on any atom is -0.493 e. The predicted molar refractivity (Wildman–Crippen MR) is 102 cm³/mol. The normalized spacial score (nSPS) is 23.7. The second-order valence-corrected chi connectivity index (χ2v) is 6.60. The smallest absolute Gasteiger partial charge is 0.203 e. The molecule has 1 aromatic rings. The van der Waals surface area contributed by atoms with Crippen LogP contribution in [0.1, 0.15) is 18.4 Å². The van der Waals surface area contributed by atoms with Crippen molar-refractivity contribution in [3.63, 3.8) is 0 Å². The Morgan fingerprint density at radius 3 is 2.36 bits per heavy atom. The molecule has 2 aliphatic carbocycles. The van der Waals surface area contributed by atoms with Gasteiger partial charge in [-0.1, -0.05) is 12.2 Å². The van der Waals surface area contributed by atoms with Crippen molar-refractivity contribution in [1.29, 1.82) is 0 Å². The molecule has 3 rings (SSSR count). The Bertz CT molecular complexity index is 680. The minimum atomic E-state index is 0.409. The Morgan fingerprint density at radius 1 is 1.12 bits per heavy atom. The van der Waals surface area contributed by atoms with Crippen LogP contribution in [0.3, 0.4) is 0 Å². The molecule has 0 aromatic heterocycles. The molecule has 0 aliphatic heterocycles. The van der Waals surface area contributed by atoms with E-state index < -0.39 is 0 Å². The van der Waals surface area contributed by atoms with Crippen molar-refractivity contribution in [2.24, 2.45) is 16.9 Å². The van der Waals surface area contributed by atoms with Crippen molar-refractivity contribution in [3.8, 4) is 17.2 Å². The van der Waals surface area contributed by atoms with E-state index in [1.165, 1.54) is 6.42 Å². The van der Waals surface area contributed by atoms with Crippen molar-refractivity contribution in [1.82, 2.24) is 10.7 Å². The third-order valence-electron chi connectivity index (χ3n) is 4.66. The third-order valence-corrected chi connectivity index (χ3v) is 4.87. The molecule has 0 spiro atoms. The Hall–Kier alpha value is -2.28. The van der Waals surface area contributed by atoms with Crippen LogP contribution in [0.4, 0.5) is 0 Å². The van der Waals surface area contributed by atoms with Crippen LogP contribution in [-0.4, -0.2) is 38.7 Å². The molecule has 25 heavy (non-hydrogen) atoms. The van der Waals surface area contributed by atoms with Crippen LogP contribution in [0.15, 0.2) is 29.4 Å². The van der Waals surface area contributed by atoms with Gasteiger partial charge in [0.15, 0.2) is 16.6 Å². The van der Waals surface area contributed by atoms with E-state index in [0.29, 0.717) is 40.2 Å². The first-order chi connectivity index (χ1) is 12.1. The summed E-state index contributed by atoms with van der Waals surface area (Å²) in [6, 6.07) is 4.05. The van der Waals surface area contributed by atoms with E-state index in [4.69, 9.17) is 26.4 Å². The maximum Gasteiger partial charge on any atom is 0.203 e. The van der Waals surface area contributed by atoms with Gasteiger partial charge in [0.05, 0.1) is 27.5 Å². The van der Waals surface area contributed by atoms with Crippen molar-refractivity contribution in [2.75, 3.05) is 21.3 Å². The standard InChI is InChI=1S/C18H23N3O3S/c1-22-15-8-12(9-16(23-2)17(15)24-3)10-19-21-18(25)20-14-7-11-4-5-13(14)6-11/h4-5,8-11,13-14H,6-7H2,1-3H3,(H2,20,21,25). The van der Waals surface area contributed by atoms with Crippen LogP contribution in [0.25, 0.3) is 0 Å². The molecule has 2 bridgehead atoms. The highest BCUT2D eigenvalue weighted by Gasteiger charge is 2.35. The maximum atomic E-state index is 5.33. The second-order valence-electron chi connectivity index (χ2n) is 6.19. The summed E-state index contributed by atoms with van der Waals surface area (Å²) in [6.45, 7) is 0. The molecule has 134 valence electrons. The van der Waals surface area contributed by atoms with Crippen molar-refractivity contribution in [3.05, 3.63) is 29.8 Å². The lowest BCUT2D eigenvalue weighted by molar-refractivity contribution is 0.324. The topological polar surface area (TPSA) is 64.1 Å². The van der Waals surface area contributed by atoms with Crippen LogP contribution in [0.2, 0.25) is 0 Å². The highest BCUT2D eigenvalue weighted by Crippen LogP contribution is 2.39. The van der Waals surface area contributed by atoms with Gasteiger partial charge in [-0.3, -0.25) is 5.43 Å². The predicted octanol–water partition coefficient (Wildman–Crippen LogP) is 2.48. The fraction of sp³-hybridized carbons (Fsp3) is 0.444. The number of allylic oxidation sites excluding steroid dienone is 1. The molecule has 3 unspecified atom stereocenters. The van der Waals surface area contributed by atoms with E-state index >= 15 is 0 Å². The second kappa shape index (κ2) is 7.74. The van der Waals surface area contributed by atoms with Crippen LogP contribution < -0.4 is 25.0 Å². The number of nitrogens with one attached hydrogen (secondary N) is 2. The average Bonchev–Trinajstić information content (AvgIpc) is 3.23. The van der Waals surface area contributed by atoms with Crippen LogP contribution in [0, 0.1) is 11.8 Å². The molecule has 0 radical (unpaired) electrons. The fourth-order valence-corrected chi connectivity index (χ4v) is 3.69. The number of benzene rings is 1. The first-order valence-corrected chi connectivity index (χ1v) is 8.63. The van der Waals surface area contributed by atoms with Gasteiger partial charge in [-0.15, -0.1) is 0 Å². The number of hydrogen-bond donors (Lipinski definition) is 2. The molecular formula is C18H23N3O3S. The molecule has 2 aliphatic rings. The van der Waals surface area contributed by atoms with Gasteiger partial charge in [0.2, 0.25) is 5.75 Å². The summed E-state index contributed by atoms with van der Waals surface area (Å²) in [7, 11) is 4.74.